The molecule has 0 saturated carbocycles. The quantitative estimate of drug-likeness (QED) is 0.827. The van der Waals surface area contributed by atoms with E-state index in [0.717, 1.165) is 0 Å². The first-order chi connectivity index (χ1) is 12.4. The van der Waals surface area contributed by atoms with Crippen LogP contribution in [-0.2, 0) is 0 Å². The molecule has 0 bridgehead atoms. The summed E-state index contributed by atoms with van der Waals surface area (Å²) >= 11 is 0. The summed E-state index contributed by atoms with van der Waals surface area (Å²) in [6.07, 6.45) is -1.32. The van der Waals surface area contributed by atoms with Gasteiger partial charge in [-0.2, -0.15) is 13.2 Å². The third-order valence-corrected chi connectivity index (χ3v) is 4.13. The van der Waals surface area contributed by atoms with Gasteiger partial charge in [0.15, 0.2) is 11.5 Å². The lowest BCUT2D eigenvalue weighted by Crippen LogP contribution is -2.57. The molecule has 1 fully saturated rings. The number of alkyl halides is 3. The number of carbonyl (C=O) groups is 1. The number of piperazine rings is 1. The van der Waals surface area contributed by atoms with Gasteiger partial charge in [0, 0.05) is 56.7 Å². The number of rotatable bonds is 5. The Balaban J connectivity index is 1.64. The second-order valence-electron chi connectivity index (χ2n) is 5.87. The minimum absolute atomic E-state index is 0.0713. The van der Waals surface area contributed by atoms with Crippen molar-refractivity contribution in [1.82, 2.24) is 25.7 Å². The van der Waals surface area contributed by atoms with Gasteiger partial charge in [-0.1, -0.05) is 5.16 Å². The summed E-state index contributed by atoms with van der Waals surface area (Å²) in [5.74, 6) is -0.370. The van der Waals surface area contributed by atoms with Crippen molar-refractivity contribution in [3.05, 3.63) is 36.3 Å². The predicted molar refractivity (Wildman–Crippen MR) is 86.4 cm³/mol. The summed E-state index contributed by atoms with van der Waals surface area (Å²) < 4.78 is 45.1. The van der Waals surface area contributed by atoms with E-state index in [1.807, 2.05) is 0 Å². The molecule has 2 aromatic heterocycles. The minimum Gasteiger partial charge on any atom is -0.355 e. The molecule has 0 aromatic carbocycles. The summed E-state index contributed by atoms with van der Waals surface area (Å²) in [6, 6.07) is 3.00. The molecular weight excluding hydrogens is 351 g/mol. The van der Waals surface area contributed by atoms with Crippen LogP contribution < -0.4 is 10.6 Å². The van der Waals surface area contributed by atoms with Gasteiger partial charge in [-0.05, 0) is 12.1 Å². The van der Waals surface area contributed by atoms with Crippen LogP contribution in [0.1, 0.15) is 10.5 Å². The van der Waals surface area contributed by atoms with Crippen molar-refractivity contribution < 1.29 is 22.5 Å². The fourth-order valence-electron chi connectivity index (χ4n) is 2.76. The lowest BCUT2D eigenvalue weighted by atomic mass is 10.2. The third-order valence-electron chi connectivity index (χ3n) is 4.13. The Bertz CT molecular complexity index is 729. The maximum atomic E-state index is 13.3. The van der Waals surface area contributed by atoms with Gasteiger partial charge in [0.05, 0.1) is 0 Å². The highest BCUT2D eigenvalue weighted by Crippen LogP contribution is 2.25. The molecule has 0 spiro atoms. The Morgan fingerprint density at radius 3 is 2.65 bits per heavy atom. The summed E-state index contributed by atoms with van der Waals surface area (Å²) in [5.41, 5.74) is 0.596. The van der Waals surface area contributed by atoms with Crippen molar-refractivity contribution in [3.8, 4) is 11.3 Å². The molecule has 1 amide bonds. The van der Waals surface area contributed by atoms with E-state index in [1.54, 1.807) is 24.5 Å². The highest BCUT2D eigenvalue weighted by molar-refractivity contribution is 5.93. The van der Waals surface area contributed by atoms with Gasteiger partial charge in [-0.15, -0.1) is 0 Å². The average molecular weight is 369 g/mol. The van der Waals surface area contributed by atoms with Crippen LogP contribution in [0.15, 0.2) is 35.1 Å². The fourth-order valence-corrected chi connectivity index (χ4v) is 2.76. The molecule has 140 valence electrons. The van der Waals surface area contributed by atoms with Gasteiger partial charge < -0.3 is 15.2 Å². The Morgan fingerprint density at radius 1 is 1.31 bits per heavy atom. The standard InChI is InChI=1S/C16H18F3N5O2/c17-16(18,19)14(24-7-5-21-6-8-24)10-22-15(25)12-9-13(26-23-12)11-1-3-20-4-2-11/h1-4,9,14,21H,5-8,10H2,(H,22,25). The van der Waals surface area contributed by atoms with E-state index in [4.69, 9.17) is 4.52 Å². The normalized spacial score (nSPS) is 17.0. The summed E-state index contributed by atoms with van der Waals surface area (Å²) in [6.45, 7) is 0.977. The number of aromatic nitrogens is 2. The molecule has 3 heterocycles. The van der Waals surface area contributed by atoms with Crippen molar-refractivity contribution >= 4 is 5.91 Å². The highest BCUT2D eigenvalue weighted by Gasteiger charge is 2.43. The Morgan fingerprint density at radius 2 is 2.00 bits per heavy atom. The number of amides is 1. The fraction of sp³-hybridized carbons (Fsp3) is 0.438. The third kappa shape index (κ3) is 4.38. The van der Waals surface area contributed by atoms with Gasteiger partial charge in [0.1, 0.15) is 6.04 Å². The molecule has 26 heavy (non-hydrogen) atoms. The van der Waals surface area contributed by atoms with Crippen molar-refractivity contribution in [2.75, 3.05) is 32.7 Å². The molecule has 3 rings (SSSR count). The van der Waals surface area contributed by atoms with E-state index in [9.17, 15) is 18.0 Å². The zero-order valence-corrected chi connectivity index (χ0v) is 13.8. The molecule has 1 aliphatic rings. The Labute approximate surface area is 147 Å². The van der Waals surface area contributed by atoms with Crippen molar-refractivity contribution in [2.45, 2.75) is 12.2 Å². The number of nitrogens with zero attached hydrogens (tertiary/aromatic N) is 3. The number of hydrogen-bond donors (Lipinski definition) is 2. The maximum absolute atomic E-state index is 13.3. The van der Waals surface area contributed by atoms with Gasteiger partial charge in [-0.3, -0.25) is 14.7 Å². The van der Waals surface area contributed by atoms with Crippen molar-refractivity contribution in [1.29, 1.82) is 0 Å². The van der Waals surface area contributed by atoms with E-state index in [2.05, 4.69) is 20.8 Å². The van der Waals surface area contributed by atoms with Crippen LogP contribution in [0.5, 0.6) is 0 Å². The monoisotopic (exact) mass is 369 g/mol. The lowest BCUT2D eigenvalue weighted by Gasteiger charge is -2.35. The molecule has 2 N–H and O–H groups in total. The van der Waals surface area contributed by atoms with E-state index in [1.165, 1.54) is 11.0 Å². The first kappa shape index (κ1) is 18.3. The highest BCUT2D eigenvalue weighted by atomic mass is 19.4. The topological polar surface area (TPSA) is 83.3 Å². The van der Waals surface area contributed by atoms with Crippen LogP contribution in [0.2, 0.25) is 0 Å². The van der Waals surface area contributed by atoms with Crippen LogP contribution in [-0.4, -0.2) is 65.9 Å². The molecule has 7 nitrogen and oxygen atoms in total. The van der Waals surface area contributed by atoms with E-state index in [0.29, 0.717) is 24.4 Å². The van der Waals surface area contributed by atoms with E-state index < -0.39 is 24.7 Å². The molecule has 2 aromatic rings. The summed E-state index contributed by atoms with van der Waals surface area (Å²) in [7, 11) is 0. The van der Waals surface area contributed by atoms with E-state index >= 15 is 0 Å². The molecule has 1 aliphatic heterocycles. The number of halogens is 3. The first-order valence-electron chi connectivity index (χ1n) is 8.12. The maximum Gasteiger partial charge on any atom is 0.405 e. The second kappa shape index (κ2) is 7.83. The molecule has 0 radical (unpaired) electrons. The number of carbonyl (C=O) groups excluding carboxylic acids is 1. The Kier molecular flexibility index (Phi) is 5.52. The summed E-state index contributed by atoms with van der Waals surface area (Å²) in [4.78, 5) is 17.4. The average Bonchev–Trinajstić information content (AvgIpc) is 3.12. The smallest absolute Gasteiger partial charge is 0.355 e. The zero-order valence-electron chi connectivity index (χ0n) is 13.8. The van der Waals surface area contributed by atoms with Crippen molar-refractivity contribution in [3.63, 3.8) is 0 Å². The van der Waals surface area contributed by atoms with Gasteiger partial charge in [-0.25, -0.2) is 0 Å². The largest absolute Gasteiger partial charge is 0.405 e. The number of hydrogen-bond acceptors (Lipinski definition) is 6. The van der Waals surface area contributed by atoms with Crippen molar-refractivity contribution in [2.24, 2.45) is 0 Å². The number of pyridine rings is 1. The van der Waals surface area contributed by atoms with Gasteiger partial charge in [0.25, 0.3) is 5.91 Å². The summed E-state index contributed by atoms with van der Waals surface area (Å²) in [5, 5.41) is 8.95. The van der Waals surface area contributed by atoms with Crippen LogP contribution in [0.3, 0.4) is 0 Å². The SMILES string of the molecule is O=C(NCC(N1CCNCC1)C(F)(F)F)c1cc(-c2ccncc2)on1. The lowest BCUT2D eigenvalue weighted by molar-refractivity contribution is -0.183. The molecule has 0 aliphatic carbocycles. The van der Waals surface area contributed by atoms with E-state index in [-0.39, 0.29) is 18.8 Å². The Hall–Kier alpha value is -2.46. The van der Waals surface area contributed by atoms with Crippen LogP contribution >= 0.6 is 0 Å². The molecular formula is C16H18F3N5O2. The van der Waals surface area contributed by atoms with Crippen LogP contribution in [0, 0.1) is 0 Å². The molecule has 10 heteroatoms. The second-order valence-corrected chi connectivity index (χ2v) is 5.87. The van der Waals surface area contributed by atoms with Crippen LogP contribution in [0.25, 0.3) is 11.3 Å². The molecule has 1 unspecified atom stereocenters. The van der Waals surface area contributed by atoms with Crippen LogP contribution in [0.4, 0.5) is 13.2 Å². The first-order valence-corrected chi connectivity index (χ1v) is 8.12. The molecule has 1 atom stereocenters. The zero-order chi connectivity index (χ0) is 18.6. The molecule has 1 saturated heterocycles. The number of nitrogens with one attached hydrogen (secondary N) is 2. The minimum atomic E-state index is -4.43. The van der Waals surface area contributed by atoms with Gasteiger partial charge in [0.2, 0.25) is 0 Å². The predicted octanol–water partition coefficient (Wildman–Crippen LogP) is 1.30. The van der Waals surface area contributed by atoms with Gasteiger partial charge >= 0.3 is 6.18 Å².